The largest absolute Gasteiger partial charge is 0.344 e. The first-order valence-electron chi connectivity index (χ1n) is 5.10. The first-order valence-corrected chi connectivity index (χ1v) is 5.91. The van der Waals surface area contributed by atoms with Gasteiger partial charge in [0, 0.05) is 21.1 Å². The van der Waals surface area contributed by atoms with E-state index in [0.717, 1.165) is 5.56 Å². The van der Waals surface area contributed by atoms with E-state index in [1.54, 1.807) is 28.1 Å². The third-order valence-electron chi connectivity index (χ3n) is 2.61. The standard InChI is InChI=1S/C11H13N3O2S/c1-6-7-9(12-5-14(4)10(7)15)17-8(6)11(16)13(2)3/h5H,1-4H3. The van der Waals surface area contributed by atoms with Crippen molar-refractivity contribution in [2.75, 3.05) is 14.1 Å². The normalized spacial score (nSPS) is 10.8. The molecular formula is C11H13N3O2S. The van der Waals surface area contributed by atoms with Crippen molar-refractivity contribution in [3.63, 3.8) is 0 Å². The van der Waals surface area contributed by atoms with E-state index in [0.29, 0.717) is 15.1 Å². The third-order valence-corrected chi connectivity index (χ3v) is 3.80. The van der Waals surface area contributed by atoms with E-state index in [1.807, 2.05) is 0 Å². The van der Waals surface area contributed by atoms with Crippen molar-refractivity contribution < 1.29 is 4.79 Å². The Kier molecular flexibility index (Phi) is 2.74. The molecule has 0 aromatic carbocycles. The maximum absolute atomic E-state index is 12.0. The Balaban J connectivity index is 2.79. The molecule has 90 valence electrons. The van der Waals surface area contributed by atoms with Crippen molar-refractivity contribution in [1.29, 1.82) is 0 Å². The number of amides is 1. The molecule has 6 heteroatoms. The molecule has 0 unspecified atom stereocenters. The molecule has 0 N–H and O–H groups in total. The van der Waals surface area contributed by atoms with Crippen LogP contribution in [0.1, 0.15) is 15.2 Å². The molecule has 0 fully saturated rings. The van der Waals surface area contributed by atoms with Gasteiger partial charge in [-0.2, -0.15) is 0 Å². The summed E-state index contributed by atoms with van der Waals surface area (Å²) in [5, 5.41) is 0.546. The van der Waals surface area contributed by atoms with Crippen molar-refractivity contribution >= 4 is 27.5 Å². The van der Waals surface area contributed by atoms with E-state index >= 15 is 0 Å². The van der Waals surface area contributed by atoms with Gasteiger partial charge in [0.2, 0.25) is 0 Å². The summed E-state index contributed by atoms with van der Waals surface area (Å²) in [6.07, 6.45) is 1.48. The zero-order valence-corrected chi connectivity index (χ0v) is 11.0. The van der Waals surface area contributed by atoms with Crippen molar-refractivity contribution in [1.82, 2.24) is 14.5 Å². The van der Waals surface area contributed by atoms with Crippen LogP contribution in [-0.4, -0.2) is 34.5 Å². The van der Waals surface area contributed by atoms with Crippen LogP contribution in [0.15, 0.2) is 11.1 Å². The quantitative estimate of drug-likeness (QED) is 0.760. The van der Waals surface area contributed by atoms with Gasteiger partial charge in [0.1, 0.15) is 4.83 Å². The van der Waals surface area contributed by atoms with Crippen LogP contribution < -0.4 is 5.56 Å². The van der Waals surface area contributed by atoms with Crippen LogP contribution >= 0.6 is 11.3 Å². The van der Waals surface area contributed by atoms with Crippen LogP contribution in [-0.2, 0) is 7.05 Å². The maximum Gasteiger partial charge on any atom is 0.263 e. The molecule has 17 heavy (non-hydrogen) atoms. The Morgan fingerprint density at radius 1 is 1.47 bits per heavy atom. The lowest BCUT2D eigenvalue weighted by atomic mass is 10.2. The molecule has 5 nitrogen and oxygen atoms in total. The number of hydrogen-bond acceptors (Lipinski definition) is 4. The van der Waals surface area contributed by atoms with Gasteiger partial charge in [0.15, 0.2) is 0 Å². The van der Waals surface area contributed by atoms with Gasteiger partial charge >= 0.3 is 0 Å². The number of aryl methyl sites for hydroxylation is 2. The second kappa shape index (κ2) is 3.96. The SMILES string of the molecule is Cc1c(C(=O)N(C)C)sc2ncn(C)c(=O)c12. The molecule has 0 bridgehead atoms. The summed E-state index contributed by atoms with van der Waals surface area (Å²) < 4.78 is 1.42. The zero-order valence-electron chi connectivity index (χ0n) is 10.1. The molecule has 0 radical (unpaired) electrons. The Hall–Kier alpha value is -1.69. The van der Waals surface area contributed by atoms with E-state index in [9.17, 15) is 9.59 Å². The number of fused-ring (bicyclic) bond motifs is 1. The van der Waals surface area contributed by atoms with Gasteiger partial charge in [-0.1, -0.05) is 0 Å². The topological polar surface area (TPSA) is 55.2 Å². The number of thiophene rings is 1. The van der Waals surface area contributed by atoms with E-state index in [-0.39, 0.29) is 11.5 Å². The van der Waals surface area contributed by atoms with Crippen molar-refractivity contribution in [3.05, 3.63) is 27.1 Å². The molecule has 2 aromatic rings. The number of hydrogen-bond donors (Lipinski definition) is 0. The van der Waals surface area contributed by atoms with Crippen molar-refractivity contribution in [2.45, 2.75) is 6.92 Å². The van der Waals surface area contributed by atoms with Crippen LogP contribution in [0.2, 0.25) is 0 Å². The molecule has 0 saturated carbocycles. The summed E-state index contributed by atoms with van der Waals surface area (Å²) in [6.45, 7) is 1.79. The van der Waals surface area contributed by atoms with Crippen LogP contribution in [0.4, 0.5) is 0 Å². The molecule has 0 atom stereocenters. The third kappa shape index (κ3) is 1.74. The van der Waals surface area contributed by atoms with E-state index in [1.165, 1.54) is 27.1 Å². The van der Waals surface area contributed by atoms with E-state index < -0.39 is 0 Å². The minimum absolute atomic E-state index is 0.0902. The molecule has 2 aromatic heterocycles. The van der Waals surface area contributed by atoms with E-state index in [4.69, 9.17) is 0 Å². The summed E-state index contributed by atoms with van der Waals surface area (Å²) in [5.74, 6) is -0.0902. The summed E-state index contributed by atoms with van der Waals surface area (Å²) in [6, 6.07) is 0. The highest BCUT2D eigenvalue weighted by molar-refractivity contribution is 7.20. The van der Waals surface area contributed by atoms with Gasteiger partial charge in [0.05, 0.1) is 16.6 Å². The average molecular weight is 251 g/mol. The number of rotatable bonds is 1. The van der Waals surface area contributed by atoms with Crippen LogP contribution in [0, 0.1) is 6.92 Å². The fraction of sp³-hybridized carbons (Fsp3) is 0.364. The van der Waals surface area contributed by atoms with Gasteiger partial charge < -0.3 is 9.47 Å². The fourth-order valence-electron chi connectivity index (χ4n) is 1.62. The molecule has 0 aliphatic carbocycles. The lowest BCUT2D eigenvalue weighted by Crippen LogP contribution is -2.21. The summed E-state index contributed by atoms with van der Waals surface area (Å²) in [4.78, 5) is 30.8. The Morgan fingerprint density at radius 3 is 2.71 bits per heavy atom. The average Bonchev–Trinajstić information content (AvgIpc) is 2.61. The van der Waals surface area contributed by atoms with Gasteiger partial charge in [-0.3, -0.25) is 9.59 Å². The monoisotopic (exact) mass is 251 g/mol. The van der Waals surface area contributed by atoms with Crippen molar-refractivity contribution in [2.24, 2.45) is 7.05 Å². The fourth-order valence-corrected chi connectivity index (χ4v) is 2.78. The molecule has 0 aliphatic heterocycles. The zero-order chi connectivity index (χ0) is 12.7. The Labute approximate surface area is 102 Å². The molecular weight excluding hydrogens is 238 g/mol. The molecule has 1 amide bonds. The van der Waals surface area contributed by atoms with Gasteiger partial charge in [-0.05, 0) is 12.5 Å². The lowest BCUT2D eigenvalue weighted by molar-refractivity contribution is 0.0831. The van der Waals surface area contributed by atoms with Crippen LogP contribution in [0.5, 0.6) is 0 Å². The number of carbonyl (C=O) groups excluding carboxylic acids is 1. The maximum atomic E-state index is 12.0. The van der Waals surface area contributed by atoms with Crippen LogP contribution in [0.25, 0.3) is 10.2 Å². The molecule has 0 saturated heterocycles. The second-order valence-electron chi connectivity index (χ2n) is 4.10. The van der Waals surface area contributed by atoms with Gasteiger partial charge in [0.25, 0.3) is 11.5 Å². The number of carbonyl (C=O) groups is 1. The lowest BCUT2D eigenvalue weighted by Gasteiger charge is -2.08. The summed E-state index contributed by atoms with van der Waals surface area (Å²) in [7, 11) is 5.04. The minimum atomic E-state index is -0.110. The molecule has 0 spiro atoms. The highest BCUT2D eigenvalue weighted by Gasteiger charge is 2.19. The Bertz CT molecular complexity index is 655. The molecule has 2 rings (SSSR count). The summed E-state index contributed by atoms with van der Waals surface area (Å²) in [5.41, 5.74) is 0.610. The Morgan fingerprint density at radius 2 is 2.12 bits per heavy atom. The smallest absolute Gasteiger partial charge is 0.263 e. The van der Waals surface area contributed by atoms with Gasteiger partial charge in [-0.15, -0.1) is 11.3 Å². The van der Waals surface area contributed by atoms with Crippen LogP contribution in [0.3, 0.4) is 0 Å². The number of aromatic nitrogens is 2. The second-order valence-corrected chi connectivity index (χ2v) is 5.10. The molecule has 0 aliphatic rings. The predicted molar refractivity (Wildman–Crippen MR) is 67.6 cm³/mol. The first-order chi connectivity index (χ1) is 7.93. The highest BCUT2D eigenvalue weighted by Crippen LogP contribution is 2.27. The summed E-state index contributed by atoms with van der Waals surface area (Å²) >= 11 is 1.27. The minimum Gasteiger partial charge on any atom is -0.344 e. The first kappa shape index (κ1) is 11.8. The molecule has 2 heterocycles. The van der Waals surface area contributed by atoms with Gasteiger partial charge in [-0.25, -0.2) is 4.98 Å². The van der Waals surface area contributed by atoms with E-state index in [2.05, 4.69) is 4.98 Å². The predicted octanol–water partition coefficient (Wildman–Crippen LogP) is 1.01. The number of nitrogens with zero attached hydrogens (tertiary/aromatic N) is 3. The van der Waals surface area contributed by atoms with Crippen molar-refractivity contribution in [3.8, 4) is 0 Å². The highest BCUT2D eigenvalue weighted by atomic mass is 32.1.